The molecule has 0 bridgehead atoms. The molecular formula is C14H19BrO3. The minimum atomic E-state index is -0.668. The molecule has 0 amide bonds. The van der Waals surface area contributed by atoms with E-state index in [2.05, 4.69) is 15.9 Å². The molecule has 18 heavy (non-hydrogen) atoms. The Morgan fingerprint density at radius 1 is 1.56 bits per heavy atom. The second-order valence-corrected chi connectivity index (χ2v) is 5.70. The molecule has 0 radical (unpaired) electrons. The van der Waals surface area contributed by atoms with E-state index in [4.69, 9.17) is 9.47 Å². The van der Waals surface area contributed by atoms with Crippen LogP contribution >= 0.6 is 15.9 Å². The first-order chi connectivity index (χ1) is 8.57. The first kappa shape index (κ1) is 13.8. The highest BCUT2D eigenvalue weighted by atomic mass is 79.9. The van der Waals surface area contributed by atoms with E-state index in [1.54, 1.807) is 0 Å². The van der Waals surface area contributed by atoms with Crippen molar-refractivity contribution in [3.8, 4) is 5.75 Å². The van der Waals surface area contributed by atoms with Crippen molar-refractivity contribution < 1.29 is 14.6 Å². The van der Waals surface area contributed by atoms with Gasteiger partial charge in [0.1, 0.15) is 11.9 Å². The van der Waals surface area contributed by atoms with E-state index in [0.29, 0.717) is 13.2 Å². The van der Waals surface area contributed by atoms with Gasteiger partial charge in [0.15, 0.2) is 0 Å². The predicted octanol–water partition coefficient (Wildman–Crippen LogP) is 3.45. The van der Waals surface area contributed by atoms with Crippen molar-refractivity contribution in [2.45, 2.75) is 38.4 Å². The lowest BCUT2D eigenvalue weighted by Crippen LogP contribution is -2.32. The second kappa shape index (κ2) is 5.59. The third-order valence-electron chi connectivity index (χ3n) is 3.39. The Balaban J connectivity index is 2.33. The summed E-state index contributed by atoms with van der Waals surface area (Å²) in [5, 5.41) is 10.6. The van der Waals surface area contributed by atoms with E-state index in [1.165, 1.54) is 0 Å². The summed E-state index contributed by atoms with van der Waals surface area (Å²) in [5.74, 6) is 0.727. The Bertz CT molecular complexity index is 414. The second-order valence-electron chi connectivity index (χ2n) is 4.78. The SMILES string of the molecule is CCOc1ccc(Br)cc1C(O)C1(C)CCCO1. The number of hydrogen-bond acceptors (Lipinski definition) is 3. The molecule has 1 heterocycles. The van der Waals surface area contributed by atoms with Gasteiger partial charge in [-0.25, -0.2) is 0 Å². The Labute approximate surface area is 116 Å². The Morgan fingerprint density at radius 3 is 2.94 bits per heavy atom. The van der Waals surface area contributed by atoms with E-state index < -0.39 is 11.7 Å². The Morgan fingerprint density at radius 2 is 2.33 bits per heavy atom. The average molecular weight is 315 g/mol. The lowest BCUT2D eigenvalue weighted by Gasteiger charge is -2.30. The molecule has 1 aromatic rings. The summed E-state index contributed by atoms with van der Waals surface area (Å²) in [6.07, 6.45) is 1.19. The van der Waals surface area contributed by atoms with E-state index in [1.807, 2.05) is 32.0 Å². The van der Waals surface area contributed by atoms with Gasteiger partial charge in [-0.1, -0.05) is 15.9 Å². The first-order valence-electron chi connectivity index (χ1n) is 6.31. The van der Waals surface area contributed by atoms with E-state index in [0.717, 1.165) is 28.6 Å². The van der Waals surface area contributed by atoms with Crippen molar-refractivity contribution in [2.24, 2.45) is 0 Å². The normalized spacial score (nSPS) is 25.1. The topological polar surface area (TPSA) is 38.7 Å². The lowest BCUT2D eigenvalue weighted by atomic mass is 9.90. The highest BCUT2D eigenvalue weighted by molar-refractivity contribution is 9.10. The van der Waals surface area contributed by atoms with Crippen molar-refractivity contribution in [3.63, 3.8) is 0 Å². The number of halogens is 1. The zero-order valence-corrected chi connectivity index (χ0v) is 12.4. The van der Waals surface area contributed by atoms with Crippen LogP contribution in [-0.4, -0.2) is 23.9 Å². The summed E-state index contributed by atoms with van der Waals surface area (Å²) in [5.41, 5.74) is 0.280. The summed E-state index contributed by atoms with van der Waals surface area (Å²) in [6.45, 7) is 5.19. The smallest absolute Gasteiger partial charge is 0.125 e. The van der Waals surface area contributed by atoms with Crippen molar-refractivity contribution >= 4 is 15.9 Å². The molecule has 0 aliphatic carbocycles. The molecule has 4 heteroatoms. The quantitative estimate of drug-likeness (QED) is 0.925. The van der Waals surface area contributed by atoms with Crippen LogP contribution in [0, 0.1) is 0 Å². The van der Waals surface area contributed by atoms with Crippen LogP contribution in [0.25, 0.3) is 0 Å². The van der Waals surface area contributed by atoms with Crippen LogP contribution in [0.15, 0.2) is 22.7 Å². The average Bonchev–Trinajstić information content (AvgIpc) is 2.79. The van der Waals surface area contributed by atoms with Gasteiger partial charge in [0.2, 0.25) is 0 Å². The third kappa shape index (κ3) is 2.71. The minimum absolute atomic E-state index is 0.507. The van der Waals surface area contributed by atoms with Gasteiger partial charge in [-0.05, 0) is 44.9 Å². The molecule has 0 spiro atoms. The summed E-state index contributed by atoms with van der Waals surface area (Å²) >= 11 is 3.43. The van der Waals surface area contributed by atoms with E-state index >= 15 is 0 Å². The van der Waals surface area contributed by atoms with Crippen molar-refractivity contribution in [1.29, 1.82) is 0 Å². The van der Waals surface area contributed by atoms with Crippen LogP contribution in [-0.2, 0) is 4.74 Å². The molecule has 2 unspecified atom stereocenters. The fraction of sp³-hybridized carbons (Fsp3) is 0.571. The summed E-state index contributed by atoms with van der Waals surface area (Å²) < 4.78 is 12.2. The van der Waals surface area contributed by atoms with Gasteiger partial charge in [0.05, 0.1) is 12.2 Å². The predicted molar refractivity (Wildman–Crippen MR) is 73.9 cm³/mol. The maximum atomic E-state index is 10.6. The van der Waals surface area contributed by atoms with Gasteiger partial charge in [0, 0.05) is 16.6 Å². The molecule has 1 fully saturated rings. The highest BCUT2D eigenvalue weighted by Crippen LogP contribution is 2.41. The van der Waals surface area contributed by atoms with Crippen LogP contribution in [0.4, 0.5) is 0 Å². The molecule has 1 N–H and O–H groups in total. The minimum Gasteiger partial charge on any atom is -0.493 e. The summed E-state index contributed by atoms with van der Waals surface area (Å²) in [4.78, 5) is 0. The van der Waals surface area contributed by atoms with Crippen LogP contribution in [0.2, 0.25) is 0 Å². The molecule has 2 rings (SSSR count). The number of aliphatic hydroxyl groups is 1. The summed E-state index contributed by atoms with van der Waals surface area (Å²) in [6, 6.07) is 5.70. The molecule has 0 saturated carbocycles. The molecule has 1 saturated heterocycles. The Hall–Kier alpha value is -0.580. The fourth-order valence-corrected chi connectivity index (χ4v) is 2.74. The van der Waals surface area contributed by atoms with Gasteiger partial charge in [-0.15, -0.1) is 0 Å². The van der Waals surface area contributed by atoms with Crippen LogP contribution in [0.3, 0.4) is 0 Å². The zero-order valence-electron chi connectivity index (χ0n) is 10.8. The third-order valence-corrected chi connectivity index (χ3v) is 3.89. The highest BCUT2D eigenvalue weighted by Gasteiger charge is 2.39. The Kier molecular flexibility index (Phi) is 4.30. The largest absolute Gasteiger partial charge is 0.493 e. The standard InChI is InChI=1S/C14H19BrO3/c1-3-17-12-6-5-10(15)9-11(12)13(16)14(2)7-4-8-18-14/h5-6,9,13,16H,3-4,7-8H2,1-2H3. The number of aliphatic hydroxyl groups excluding tert-OH is 1. The van der Waals surface area contributed by atoms with Crippen molar-refractivity contribution in [3.05, 3.63) is 28.2 Å². The molecule has 2 atom stereocenters. The monoisotopic (exact) mass is 314 g/mol. The van der Waals surface area contributed by atoms with Crippen LogP contribution < -0.4 is 4.74 Å². The van der Waals surface area contributed by atoms with Gasteiger partial charge >= 0.3 is 0 Å². The van der Waals surface area contributed by atoms with Gasteiger partial charge in [0.25, 0.3) is 0 Å². The zero-order chi connectivity index (χ0) is 13.2. The molecule has 1 aliphatic heterocycles. The molecule has 0 aromatic heterocycles. The molecular weight excluding hydrogens is 296 g/mol. The number of hydrogen-bond donors (Lipinski definition) is 1. The fourth-order valence-electron chi connectivity index (χ4n) is 2.37. The maximum absolute atomic E-state index is 10.6. The number of benzene rings is 1. The van der Waals surface area contributed by atoms with Gasteiger partial charge in [-0.3, -0.25) is 0 Å². The molecule has 1 aromatic carbocycles. The van der Waals surface area contributed by atoms with Crippen molar-refractivity contribution in [1.82, 2.24) is 0 Å². The van der Waals surface area contributed by atoms with E-state index in [-0.39, 0.29) is 0 Å². The van der Waals surface area contributed by atoms with E-state index in [9.17, 15) is 5.11 Å². The lowest BCUT2D eigenvalue weighted by molar-refractivity contribution is -0.0804. The van der Waals surface area contributed by atoms with Crippen LogP contribution in [0.5, 0.6) is 5.75 Å². The number of ether oxygens (including phenoxy) is 2. The first-order valence-corrected chi connectivity index (χ1v) is 7.10. The summed E-state index contributed by atoms with van der Waals surface area (Å²) in [7, 11) is 0. The van der Waals surface area contributed by atoms with Crippen LogP contribution in [0.1, 0.15) is 38.4 Å². The maximum Gasteiger partial charge on any atom is 0.125 e. The number of rotatable bonds is 4. The molecule has 3 nitrogen and oxygen atoms in total. The molecule has 100 valence electrons. The van der Waals surface area contributed by atoms with Gasteiger partial charge < -0.3 is 14.6 Å². The molecule has 1 aliphatic rings. The van der Waals surface area contributed by atoms with Crippen molar-refractivity contribution in [2.75, 3.05) is 13.2 Å². The van der Waals surface area contributed by atoms with Gasteiger partial charge in [-0.2, -0.15) is 0 Å².